The summed E-state index contributed by atoms with van der Waals surface area (Å²) >= 11 is 0. The number of benzene rings is 2. The van der Waals surface area contributed by atoms with Crippen LogP contribution in [-0.4, -0.2) is 38.1 Å². The number of hydrogen-bond donors (Lipinski definition) is 0. The molecule has 0 fully saturated rings. The Hall–Kier alpha value is -3.21. The van der Waals surface area contributed by atoms with Crippen LogP contribution >= 0.6 is 0 Å². The quantitative estimate of drug-likeness (QED) is 0.505. The molecule has 1 heterocycles. The monoisotopic (exact) mass is 393 g/mol. The number of amides is 1. The molecule has 1 aromatic heterocycles. The van der Waals surface area contributed by atoms with E-state index in [1.54, 1.807) is 31.5 Å². The van der Waals surface area contributed by atoms with Gasteiger partial charge in [0.25, 0.3) is 0 Å². The fraction of sp³-hybridized carbons (Fsp3) is 0.292. The smallest absolute Gasteiger partial charge is 0.246 e. The Morgan fingerprint density at radius 3 is 2.52 bits per heavy atom. The van der Waals surface area contributed by atoms with Crippen molar-refractivity contribution in [1.29, 1.82) is 0 Å². The lowest BCUT2D eigenvalue weighted by molar-refractivity contribution is -0.125. The van der Waals surface area contributed by atoms with Crippen LogP contribution in [0.1, 0.15) is 26.3 Å². The minimum atomic E-state index is -0.00476. The van der Waals surface area contributed by atoms with Crippen LogP contribution in [0.3, 0.4) is 0 Å². The van der Waals surface area contributed by atoms with E-state index in [0.717, 1.165) is 39.0 Å². The van der Waals surface area contributed by atoms with Crippen LogP contribution in [-0.2, 0) is 4.79 Å². The van der Waals surface area contributed by atoms with Crippen molar-refractivity contribution in [2.24, 2.45) is 0 Å². The van der Waals surface area contributed by atoms with Crippen LogP contribution in [0.4, 0.5) is 0 Å². The van der Waals surface area contributed by atoms with Gasteiger partial charge in [0, 0.05) is 41.7 Å². The summed E-state index contributed by atoms with van der Waals surface area (Å²) in [5.41, 5.74) is 4.40. The van der Waals surface area contributed by atoms with E-state index in [1.807, 2.05) is 57.2 Å². The second kappa shape index (κ2) is 8.86. The minimum Gasteiger partial charge on any atom is -0.497 e. The fourth-order valence-corrected chi connectivity index (χ4v) is 3.44. The van der Waals surface area contributed by atoms with Gasteiger partial charge in [0.2, 0.25) is 5.91 Å². The van der Waals surface area contributed by atoms with Crippen molar-refractivity contribution in [2.45, 2.75) is 20.8 Å². The highest BCUT2D eigenvalue weighted by Gasteiger charge is 2.16. The number of carbonyl (C=O) groups is 1. The first-order chi connectivity index (χ1) is 14.0. The number of carbonyl (C=O) groups excluding carboxylic acids is 1. The summed E-state index contributed by atoms with van der Waals surface area (Å²) in [4.78, 5) is 14.3. The first kappa shape index (κ1) is 20.5. The van der Waals surface area contributed by atoms with E-state index in [0.29, 0.717) is 18.8 Å². The molecule has 2 aromatic carbocycles. The third-order valence-corrected chi connectivity index (χ3v) is 5.12. The SMILES string of the molecule is CCN(CC)C(=O)/C=C(\C)c1cc2c(-c3cccc(OC)c3)coc2cc1OC. The average molecular weight is 393 g/mol. The Balaban J connectivity index is 2.11. The molecule has 3 aromatic rings. The number of ether oxygens (including phenoxy) is 2. The number of methoxy groups -OCH3 is 2. The van der Waals surface area contributed by atoms with Crippen LogP contribution < -0.4 is 9.47 Å². The van der Waals surface area contributed by atoms with E-state index in [-0.39, 0.29) is 5.91 Å². The largest absolute Gasteiger partial charge is 0.497 e. The molecule has 0 bridgehead atoms. The molecule has 0 aliphatic carbocycles. The van der Waals surface area contributed by atoms with Crippen molar-refractivity contribution in [3.63, 3.8) is 0 Å². The number of hydrogen-bond acceptors (Lipinski definition) is 4. The number of allylic oxidation sites excluding steroid dienone is 1. The summed E-state index contributed by atoms with van der Waals surface area (Å²) in [5, 5.41) is 0.956. The lowest BCUT2D eigenvalue weighted by atomic mass is 9.99. The van der Waals surface area contributed by atoms with Gasteiger partial charge in [-0.25, -0.2) is 0 Å². The minimum absolute atomic E-state index is 0.00476. The van der Waals surface area contributed by atoms with Crippen LogP contribution in [0.15, 0.2) is 53.2 Å². The molecule has 0 N–H and O–H groups in total. The van der Waals surface area contributed by atoms with E-state index >= 15 is 0 Å². The van der Waals surface area contributed by atoms with Crippen LogP contribution in [0, 0.1) is 0 Å². The Morgan fingerprint density at radius 1 is 1.10 bits per heavy atom. The molecule has 0 unspecified atom stereocenters. The normalized spacial score (nSPS) is 11.6. The van der Waals surface area contributed by atoms with Gasteiger partial charge in [0.15, 0.2) is 0 Å². The highest BCUT2D eigenvalue weighted by Crippen LogP contribution is 2.38. The van der Waals surface area contributed by atoms with Crippen molar-refractivity contribution < 1.29 is 18.7 Å². The topological polar surface area (TPSA) is 51.9 Å². The third kappa shape index (κ3) is 4.14. The molecule has 0 aliphatic rings. The number of fused-ring (bicyclic) bond motifs is 1. The van der Waals surface area contributed by atoms with Gasteiger partial charge in [-0.15, -0.1) is 0 Å². The van der Waals surface area contributed by atoms with Crippen molar-refractivity contribution in [3.8, 4) is 22.6 Å². The third-order valence-electron chi connectivity index (χ3n) is 5.12. The zero-order valence-electron chi connectivity index (χ0n) is 17.6. The lowest BCUT2D eigenvalue weighted by Gasteiger charge is -2.17. The summed E-state index contributed by atoms with van der Waals surface area (Å²) in [7, 11) is 3.27. The van der Waals surface area contributed by atoms with Crippen LogP contribution in [0.2, 0.25) is 0 Å². The zero-order valence-corrected chi connectivity index (χ0v) is 17.6. The molecule has 3 rings (SSSR count). The predicted octanol–water partition coefficient (Wildman–Crippen LogP) is 5.39. The lowest BCUT2D eigenvalue weighted by Crippen LogP contribution is -2.28. The van der Waals surface area contributed by atoms with Crippen molar-refractivity contribution in [1.82, 2.24) is 4.90 Å². The predicted molar refractivity (Wildman–Crippen MR) is 116 cm³/mol. The second-order valence-electron chi connectivity index (χ2n) is 6.77. The standard InChI is InChI=1S/C24H27NO4/c1-6-25(7-2)24(26)11-16(3)19-13-20-21(15-29-23(20)14-22(19)28-5)17-9-8-10-18(12-17)27-4/h8-15H,6-7H2,1-5H3/b16-11+. The van der Waals surface area contributed by atoms with Gasteiger partial charge >= 0.3 is 0 Å². The molecule has 152 valence electrons. The fourth-order valence-electron chi connectivity index (χ4n) is 3.44. The van der Waals surface area contributed by atoms with Crippen molar-refractivity contribution >= 4 is 22.4 Å². The Bertz CT molecular complexity index is 1040. The van der Waals surface area contributed by atoms with E-state index < -0.39 is 0 Å². The number of rotatable bonds is 7. The van der Waals surface area contributed by atoms with Gasteiger partial charge in [-0.3, -0.25) is 4.79 Å². The molecule has 0 atom stereocenters. The first-order valence-corrected chi connectivity index (χ1v) is 9.73. The van der Waals surface area contributed by atoms with Crippen LogP contribution in [0.5, 0.6) is 11.5 Å². The van der Waals surface area contributed by atoms with Gasteiger partial charge in [0.1, 0.15) is 17.1 Å². The van der Waals surface area contributed by atoms with E-state index in [1.165, 1.54) is 0 Å². The summed E-state index contributed by atoms with van der Waals surface area (Å²) < 4.78 is 16.7. The van der Waals surface area contributed by atoms with Gasteiger partial charge in [0.05, 0.1) is 20.5 Å². The maximum atomic E-state index is 12.5. The highest BCUT2D eigenvalue weighted by molar-refractivity contribution is 6.00. The Morgan fingerprint density at radius 2 is 1.86 bits per heavy atom. The van der Waals surface area contributed by atoms with Gasteiger partial charge < -0.3 is 18.8 Å². The van der Waals surface area contributed by atoms with Crippen molar-refractivity contribution in [3.05, 3.63) is 54.3 Å². The zero-order chi connectivity index (χ0) is 21.0. The molecule has 0 aliphatic heterocycles. The summed E-state index contributed by atoms with van der Waals surface area (Å²) in [5.74, 6) is 1.45. The van der Waals surface area contributed by atoms with E-state index in [2.05, 4.69) is 0 Å². The molecule has 29 heavy (non-hydrogen) atoms. The highest BCUT2D eigenvalue weighted by atomic mass is 16.5. The summed E-state index contributed by atoms with van der Waals surface area (Å²) in [6.07, 6.45) is 3.41. The van der Waals surface area contributed by atoms with Gasteiger partial charge in [-0.05, 0) is 50.1 Å². The number of furan rings is 1. The molecular weight excluding hydrogens is 366 g/mol. The molecule has 5 nitrogen and oxygen atoms in total. The van der Waals surface area contributed by atoms with Gasteiger partial charge in [-0.1, -0.05) is 12.1 Å². The summed E-state index contributed by atoms with van der Waals surface area (Å²) in [6, 6.07) is 11.7. The maximum absolute atomic E-state index is 12.5. The average Bonchev–Trinajstić information content (AvgIpc) is 3.16. The van der Waals surface area contributed by atoms with Crippen molar-refractivity contribution in [2.75, 3.05) is 27.3 Å². The van der Waals surface area contributed by atoms with Gasteiger partial charge in [-0.2, -0.15) is 0 Å². The number of nitrogens with zero attached hydrogens (tertiary/aromatic N) is 1. The van der Waals surface area contributed by atoms with E-state index in [4.69, 9.17) is 13.9 Å². The van der Waals surface area contributed by atoms with E-state index in [9.17, 15) is 4.79 Å². The molecule has 0 saturated heterocycles. The molecule has 0 saturated carbocycles. The Kier molecular flexibility index (Phi) is 6.27. The second-order valence-corrected chi connectivity index (χ2v) is 6.77. The molecular formula is C24H27NO4. The molecule has 5 heteroatoms. The summed E-state index contributed by atoms with van der Waals surface area (Å²) in [6.45, 7) is 7.23. The molecule has 0 radical (unpaired) electrons. The first-order valence-electron chi connectivity index (χ1n) is 9.73. The number of likely N-dealkylation sites (N-methyl/N-ethyl adjacent to an activating group) is 1. The molecule has 0 spiro atoms. The van der Waals surface area contributed by atoms with Crippen LogP contribution in [0.25, 0.3) is 27.7 Å². The molecule has 1 amide bonds. The Labute approximate surface area is 171 Å². The maximum Gasteiger partial charge on any atom is 0.246 e.